The maximum Gasteiger partial charge on any atom is 0.243 e. The van der Waals surface area contributed by atoms with Gasteiger partial charge in [-0.05, 0) is 36.5 Å². The fraction of sp³-hybridized carbons (Fsp3) is 0.333. The van der Waals surface area contributed by atoms with Crippen LogP contribution in [0.3, 0.4) is 0 Å². The van der Waals surface area contributed by atoms with E-state index in [1.165, 1.54) is 0 Å². The molecule has 1 aliphatic heterocycles. The number of fused-ring (bicyclic) bond motifs is 5. The van der Waals surface area contributed by atoms with E-state index < -0.39 is 5.41 Å². The number of benzene rings is 2. The molecule has 0 radical (unpaired) electrons. The summed E-state index contributed by atoms with van der Waals surface area (Å²) in [5, 5.41) is 0. The van der Waals surface area contributed by atoms with Gasteiger partial charge in [-0.3, -0.25) is 9.36 Å². The normalized spacial score (nSPS) is 20.1. The molecule has 1 atom stereocenters. The zero-order valence-electron chi connectivity index (χ0n) is 14.6. The molecule has 2 heterocycles. The first-order chi connectivity index (χ1) is 11.3. The molecule has 122 valence electrons. The molecule has 0 fully saturated rings. The Balaban J connectivity index is 2.07. The van der Waals surface area contributed by atoms with Gasteiger partial charge in [-0.15, -0.1) is 0 Å². The zero-order chi connectivity index (χ0) is 17.1. The molecule has 0 unspecified atom stereocenters. The van der Waals surface area contributed by atoms with Gasteiger partial charge < -0.3 is 0 Å². The van der Waals surface area contributed by atoms with Crippen LogP contribution in [-0.4, -0.2) is 15.5 Å². The van der Waals surface area contributed by atoms with Crippen LogP contribution in [0.15, 0.2) is 48.5 Å². The van der Waals surface area contributed by atoms with Crippen LogP contribution in [-0.2, 0) is 5.41 Å². The highest BCUT2D eigenvalue weighted by Crippen LogP contribution is 2.46. The summed E-state index contributed by atoms with van der Waals surface area (Å²) in [7, 11) is 0. The minimum absolute atomic E-state index is 0.0470. The molecule has 3 aromatic rings. The topological polar surface area (TPSA) is 34.9 Å². The predicted octanol–water partition coefficient (Wildman–Crippen LogP) is 5.05. The van der Waals surface area contributed by atoms with Gasteiger partial charge in [0.15, 0.2) is 0 Å². The first kappa shape index (κ1) is 15.1. The van der Waals surface area contributed by atoms with Gasteiger partial charge in [0.25, 0.3) is 0 Å². The molecule has 0 N–H and O–H groups in total. The number of carbonyl (C=O) groups is 1. The molecule has 1 aromatic heterocycles. The summed E-state index contributed by atoms with van der Waals surface area (Å²) in [5.41, 5.74) is 3.42. The van der Waals surface area contributed by atoms with Gasteiger partial charge in [-0.25, -0.2) is 4.98 Å². The lowest BCUT2D eigenvalue weighted by Crippen LogP contribution is -2.43. The molecular formula is C21H22N2O. The molecule has 24 heavy (non-hydrogen) atoms. The van der Waals surface area contributed by atoms with E-state index in [2.05, 4.69) is 39.8 Å². The molecule has 3 heteroatoms. The van der Waals surface area contributed by atoms with E-state index in [9.17, 15) is 4.79 Å². The fourth-order valence-corrected chi connectivity index (χ4v) is 4.16. The first-order valence-electron chi connectivity index (χ1n) is 8.43. The minimum Gasteiger partial charge on any atom is -0.273 e. The Bertz CT molecular complexity index is 961. The summed E-state index contributed by atoms with van der Waals surface area (Å²) in [6.07, 6.45) is 0.793. The average Bonchev–Trinajstić information content (AvgIpc) is 2.91. The molecule has 4 rings (SSSR count). The van der Waals surface area contributed by atoms with E-state index in [-0.39, 0.29) is 11.3 Å². The second kappa shape index (κ2) is 4.79. The third-order valence-corrected chi connectivity index (χ3v) is 4.88. The molecule has 0 amide bonds. The maximum atomic E-state index is 13.6. The quantitative estimate of drug-likeness (QED) is 0.629. The number of para-hydroxylation sites is 2. The Morgan fingerprint density at radius 3 is 2.46 bits per heavy atom. The monoisotopic (exact) mass is 318 g/mol. The molecule has 0 saturated carbocycles. The summed E-state index contributed by atoms with van der Waals surface area (Å²) < 4.78 is 1.82. The van der Waals surface area contributed by atoms with Crippen LogP contribution in [0.5, 0.6) is 0 Å². The van der Waals surface area contributed by atoms with Crippen molar-refractivity contribution < 1.29 is 4.79 Å². The lowest BCUT2D eigenvalue weighted by molar-refractivity contribution is 0.0761. The van der Waals surface area contributed by atoms with Crippen LogP contribution >= 0.6 is 0 Å². The summed E-state index contributed by atoms with van der Waals surface area (Å²) in [4.78, 5) is 18.3. The Hall–Kier alpha value is -2.42. The highest BCUT2D eigenvalue weighted by atomic mass is 16.2. The van der Waals surface area contributed by atoms with Gasteiger partial charge in [0, 0.05) is 5.56 Å². The van der Waals surface area contributed by atoms with Crippen molar-refractivity contribution in [1.82, 2.24) is 9.55 Å². The number of imidazole rings is 1. The Labute approximate surface area is 142 Å². The standard InChI is InChI=1S/C21H22N2O/c1-20(2,3)13-21(4)15-10-6-5-9-14(15)18-22-16-11-7-8-12-17(16)23(18)19(21)24/h5-12H,13H2,1-4H3/t21-/m0/s1. The van der Waals surface area contributed by atoms with Crippen molar-refractivity contribution in [2.24, 2.45) is 5.41 Å². The second-order valence-electron chi connectivity index (χ2n) is 8.18. The van der Waals surface area contributed by atoms with Crippen molar-refractivity contribution in [2.75, 3.05) is 0 Å². The molecular weight excluding hydrogens is 296 g/mol. The van der Waals surface area contributed by atoms with Crippen molar-refractivity contribution >= 4 is 16.9 Å². The Kier molecular flexibility index (Phi) is 3.02. The summed E-state index contributed by atoms with van der Waals surface area (Å²) in [6.45, 7) is 8.65. The van der Waals surface area contributed by atoms with Crippen molar-refractivity contribution in [3.05, 3.63) is 54.1 Å². The van der Waals surface area contributed by atoms with Crippen molar-refractivity contribution in [1.29, 1.82) is 0 Å². The van der Waals surface area contributed by atoms with Crippen LogP contribution in [0.1, 0.15) is 44.5 Å². The smallest absolute Gasteiger partial charge is 0.243 e. The molecule has 0 saturated heterocycles. The number of hydrogen-bond acceptors (Lipinski definition) is 2. The van der Waals surface area contributed by atoms with Crippen LogP contribution in [0.25, 0.3) is 22.4 Å². The summed E-state index contributed by atoms with van der Waals surface area (Å²) >= 11 is 0. The first-order valence-corrected chi connectivity index (χ1v) is 8.43. The molecule has 1 aliphatic rings. The van der Waals surface area contributed by atoms with Gasteiger partial charge >= 0.3 is 0 Å². The minimum atomic E-state index is -0.550. The van der Waals surface area contributed by atoms with Crippen LogP contribution < -0.4 is 0 Å². The van der Waals surface area contributed by atoms with Crippen molar-refractivity contribution in [3.63, 3.8) is 0 Å². The lowest BCUT2D eigenvalue weighted by atomic mass is 9.67. The zero-order valence-corrected chi connectivity index (χ0v) is 14.6. The summed E-state index contributed by atoms with van der Waals surface area (Å²) in [6, 6.07) is 16.1. The highest BCUT2D eigenvalue weighted by molar-refractivity contribution is 6.04. The van der Waals surface area contributed by atoms with Gasteiger partial charge in [0.05, 0.1) is 16.4 Å². The highest BCUT2D eigenvalue weighted by Gasteiger charge is 2.45. The Morgan fingerprint density at radius 2 is 1.71 bits per heavy atom. The van der Waals surface area contributed by atoms with Gasteiger partial charge in [0.1, 0.15) is 5.82 Å². The van der Waals surface area contributed by atoms with E-state index in [0.29, 0.717) is 0 Å². The van der Waals surface area contributed by atoms with Gasteiger partial charge in [-0.2, -0.15) is 0 Å². The van der Waals surface area contributed by atoms with E-state index in [4.69, 9.17) is 4.98 Å². The van der Waals surface area contributed by atoms with Crippen LogP contribution in [0.4, 0.5) is 0 Å². The molecule has 2 aromatic carbocycles. The second-order valence-corrected chi connectivity index (χ2v) is 8.18. The SMILES string of the molecule is CC(C)(C)C[C@]1(C)C(=O)n2c(nc3ccccc32)-c2ccccc21. The number of nitrogens with zero attached hydrogens (tertiary/aromatic N) is 2. The largest absolute Gasteiger partial charge is 0.273 e. The van der Waals surface area contributed by atoms with E-state index in [1.54, 1.807) is 0 Å². The van der Waals surface area contributed by atoms with Crippen LogP contribution in [0, 0.1) is 5.41 Å². The fourth-order valence-electron chi connectivity index (χ4n) is 4.16. The van der Waals surface area contributed by atoms with Gasteiger partial charge in [0.2, 0.25) is 5.91 Å². The molecule has 0 bridgehead atoms. The van der Waals surface area contributed by atoms with E-state index >= 15 is 0 Å². The van der Waals surface area contributed by atoms with Crippen molar-refractivity contribution in [3.8, 4) is 11.4 Å². The van der Waals surface area contributed by atoms with E-state index in [1.807, 2.05) is 41.0 Å². The third kappa shape index (κ3) is 2.04. The maximum absolute atomic E-state index is 13.6. The molecule has 0 aliphatic carbocycles. The van der Waals surface area contributed by atoms with Gasteiger partial charge in [-0.1, -0.05) is 57.2 Å². The lowest BCUT2D eigenvalue weighted by Gasteiger charge is -2.39. The predicted molar refractivity (Wildman–Crippen MR) is 97.2 cm³/mol. The summed E-state index contributed by atoms with van der Waals surface area (Å²) in [5.74, 6) is 0.892. The number of hydrogen-bond donors (Lipinski definition) is 0. The molecule has 0 spiro atoms. The number of rotatable bonds is 1. The van der Waals surface area contributed by atoms with E-state index in [0.717, 1.165) is 34.4 Å². The van der Waals surface area contributed by atoms with Crippen molar-refractivity contribution in [2.45, 2.75) is 39.5 Å². The Morgan fingerprint density at radius 1 is 1.04 bits per heavy atom. The average molecular weight is 318 g/mol. The number of carbonyl (C=O) groups excluding carboxylic acids is 1. The van der Waals surface area contributed by atoms with Crippen LogP contribution in [0.2, 0.25) is 0 Å². The number of aromatic nitrogens is 2. The molecule has 3 nitrogen and oxygen atoms in total. The third-order valence-electron chi connectivity index (χ3n) is 4.88.